The van der Waals surface area contributed by atoms with E-state index in [0.717, 1.165) is 6.07 Å². The molecule has 0 fully saturated rings. The third-order valence-corrected chi connectivity index (χ3v) is 4.21. The summed E-state index contributed by atoms with van der Waals surface area (Å²) in [7, 11) is 0. The van der Waals surface area contributed by atoms with Crippen LogP contribution >= 0.6 is 0 Å². The summed E-state index contributed by atoms with van der Waals surface area (Å²) in [6, 6.07) is 12.3. The number of hydroxylamine groups is 1. The lowest BCUT2D eigenvalue weighted by Gasteiger charge is -2.12. The van der Waals surface area contributed by atoms with Crippen LogP contribution in [0.1, 0.15) is 23.0 Å². The highest BCUT2D eigenvalue weighted by atomic mass is 19.3. The van der Waals surface area contributed by atoms with Crippen molar-refractivity contribution in [1.82, 2.24) is 10.5 Å². The molecule has 7 nitrogen and oxygen atoms in total. The van der Waals surface area contributed by atoms with Gasteiger partial charge in [0.15, 0.2) is 11.5 Å². The number of nitrogens with zero attached hydrogens (tertiary/aromatic N) is 1. The van der Waals surface area contributed by atoms with Crippen LogP contribution in [0.3, 0.4) is 0 Å². The van der Waals surface area contributed by atoms with Gasteiger partial charge in [-0.3, -0.25) is 9.63 Å². The van der Waals surface area contributed by atoms with E-state index in [2.05, 4.69) is 15.2 Å². The average Bonchev–Trinajstić information content (AvgIpc) is 3.25. The van der Waals surface area contributed by atoms with Gasteiger partial charge in [0.05, 0.1) is 11.8 Å². The Morgan fingerprint density at radius 1 is 1.09 bits per heavy atom. The zero-order valence-electron chi connectivity index (χ0n) is 17.3. The number of aromatic nitrogens is 1. The first-order valence-electron chi connectivity index (χ1n) is 9.77. The Hall–Kier alpha value is -3.60. The Kier molecular flexibility index (Phi) is 8.25. The molecule has 3 rings (SSSR count). The minimum Gasteiger partial charge on any atom is -0.484 e. The minimum absolute atomic E-state index is 0.107. The molecule has 1 N–H and O–H groups in total. The highest BCUT2D eigenvalue weighted by Crippen LogP contribution is 2.34. The summed E-state index contributed by atoms with van der Waals surface area (Å²) in [5.74, 6) is -0.979. The van der Waals surface area contributed by atoms with Gasteiger partial charge < -0.3 is 13.9 Å². The molecule has 0 aliphatic carbocycles. The molecular weight excluding hydrogens is 448 g/mol. The molecular formula is C22H20F4N2O5. The van der Waals surface area contributed by atoms with Gasteiger partial charge in [0, 0.05) is 17.5 Å². The SMILES string of the molecule is CC(Cc1coc(-c2ccc(OC(F)F)c(OCC(F)F)c2)n1)ONC(=O)c1ccccc1. The van der Waals surface area contributed by atoms with Crippen LogP contribution in [0.25, 0.3) is 11.5 Å². The highest BCUT2D eigenvalue weighted by molar-refractivity contribution is 5.93. The number of carbonyl (C=O) groups excluding carboxylic acids is 1. The molecule has 1 aromatic heterocycles. The highest BCUT2D eigenvalue weighted by Gasteiger charge is 2.17. The number of carbonyl (C=O) groups is 1. The Bertz CT molecular complexity index is 1050. The lowest BCUT2D eigenvalue weighted by molar-refractivity contribution is -0.0520. The normalized spacial score (nSPS) is 12.1. The summed E-state index contributed by atoms with van der Waals surface area (Å²) in [5.41, 5.74) is 3.59. The van der Waals surface area contributed by atoms with Crippen LogP contribution in [0, 0.1) is 0 Å². The van der Waals surface area contributed by atoms with E-state index in [1.807, 2.05) is 0 Å². The van der Waals surface area contributed by atoms with Gasteiger partial charge in [-0.05, 0) is 37.3 Å². The van der Waals surface area contributed by atoms with Crippen LogP contribution in [-0.4, -0.2) is 36.6 Å². The number of alkyl halides is 4. The standard InChI is InChI=1S/C22H20F4N2O5/c1-13(33-28-20(29)14-5-3-2-4-6-14)9-16-11-31-21(27-16)15-7-8-17(32-22(25)26)18(10-15)30-12-19(23)24/h2-8,10-11,13,19,22H,9,12H2,1H3,(H,28,29). The van der Waals surface area contributed by atoms with Crippen LogP contribution in [0.5, 0.6) is 11.5 Å². The topological polar surface area (TPSA) is 82.8 Å². The lowest BCUT2D eigenvalue weighted by atomic mass is 10.2. The van der Waals surface area contributed by atoms with Crippen LogP contribution < -0.4 is 15.0 Å². The van der Waals surface area contributed by atoms with Crippen molar-refractivity contribution in [3.05, 3.63) is 66.1 Å². The summed E-state index contributed by atoms with van der Waals surface area (Å²) in [5, 5.41) is 0. The van der Waals surface area contributed by atoms with Crippen LogP contribution in [0.4, 0.5) is 17.6 Å². The molecule has 1 atom stereocenters. The summed E-state index contributed by atoms with van der Waals surface area (Å²) in [6.45, 7) is -2.43. The first kappa shape index (κ1) is 24.1. The summed E-state index contributed by atoms with van der Waals surface area (Å²) in [4.78, 5) is 21.7. The molecule has 1 unspecified atom stereocenters. The van der Waals surface area contributed by atoms with Gasteiger partial charge in [0.2, 0.25) is 5.89 Å². The van der Waals surface area contributed by atoms with E-state index in [-0.39, 0.29) is 18.1 Å². The molecule has 0 aliphatic heterocycles. The molecule has 1 amide bonds. The minimum atomic E-state index is -3.15. The molecule has 11 heteroatoms. The van der Waals surface area contributed by atoms with E-state index in [9.17, 15) is 22.4 Å². The first-order chi connectivity index (χ1) is 15.8. The number of ether oxygens (including phenoxy) is 2. The second kappa shape index (κ2) is 11.3. The Balaban J connectivity index is 1.63. The molecule has 0 spiro atoms. The number of benzene rings is 2. The van der Waals surface area contributed by atoms with Crippen molar-refractivity contribution in [3.8, 4) is 23.0 Å². The molecule has 176 valence electrons. The molecule has 0 radical (unpaired) electrons. The molecule has 0 aliphatic rings. The third kappa shape index (κ3) is 7.21. The fourth-order valence-corrected chi connectivity index (χ4v) is 2.77. The van der Waals surface area contributed by atoms with Gasteiger partial charge in [0.1, 0.15) is 12.9 Å². The third-order valence-electron chi connectivity index (χ3n) is 4.21. The van der Waals surface area contributed by atoms with E-state index < -0.39 is 37.4 Å². The predicted octanol–water partition coefficient (Wildman–Crippen LogP) is 4.88. The summed E-state index contributed by atoms with van der Waals surface area (Å²) >= 11 is 0. The molecule has 0 saturated carbocycles. The van der Waals surface area contributed by atoms with Crippen molar-refractivity contribution in [2.45, 2.75) is 32.5 Å². The molecule has 33 heavy (non-hydrogen) atoms. The molecule has 1 heterocycles. The quantitative estimate of drug-likeness (QED) is 0.319. The second-order valence-electron chi connectivity index (χ2n) is 6.82. The number of hydrogen-bond donors (Lipinski definition) is 1. The van der Waals surface area contributed by atoms with Crippen LogP contribution in [0.2, 0.25) is 0 Å². The Labute approximate surface area is 186 Å². The van der Waals surface area contributed by atoms with Gasteiger partial charge in [-0.1, -0.05) is 18.2 Å². The van der Waals surface area contributed by atoms with Crippen molar-refractivity contribution in [2.24, 2.45) is 0 Å². The molecule has 0 bridgehead atoms. The molecule has 3 aromatic rings. The summed E-state index contributed by atoms with van der Waals surface area (Å²) in [6.07, 6.45) is -1.62. The van der Waals surface area contributed by atoms with E-state index >= 15 is 0 Å². The first-order valence-corrected chi connectivity index (χ1v) is 9.77. The maximum Gasteiger partial charge on any atom is 0.387 e. The van der Waals surface area contributed by atoms with Crippen molar-refractivity contribution in [3.63, 3.8) is 0 Å². The second-order valence-corrected chi connectivity index (χ2v) is 6.82. The summed E-state index contributed by atoms with van der Waals surface area (Å²) < 4.78 is 64.7. The van der Waals surface area contributed by atoms with E-state index in [4.69, 9.17) is 14.0 Å². The molecule has 2 aromatic carbocycles. The maximum atomic E-state index is 12.6. The van der Waals surface area contributed by atoms with E-state index in [0.29, 0.717) is 16.8 Å². The number of rotatable bonds is 11. The van der Waals surface area contributed by atoms with Gasteiger partial charge in [0.25, 0.3) is 12.3 Å². The number of amides is 1. The fraction of sp³-hybridized carbons (Fsp3) is 0.273. The predicted molar refractivity (Wildman–Crippen MR) is 108 cm³/mol. The van der Waals surface area contributed by atoms with Crippen LogP contribution in [0.15, 0.2) is 59.2 Å². The Morgan fingerprint density at radius 3 is 2.55 bits per heavy atom. The van der Waals surface area contributed by atoms with Gasteiger partial charge >= 0.3 is 6.61 Å². The lowest BCUT2D eigenvalue weighted by Crippen LogP contribution is -2.29. The average molecular weight is 468 g/mol. The fourth-order valence-electron chi connectivity index (χ4n) is 2.77. The van der Waals surface area contributed by atoms with Gasteiger partial charge in [-0.2, -0.15) is 8.78 Å². The zero-order chi connectivity index (χ0) is 23.8. The number of halogens is 4. The molecule has 0 saturated heterocycles. The number of nitrogens with one attached hydrogen (secondary N) is 1. The van der Waals surface area contributed by atoms with E-state index in [1.165, 1.54) is 18.4 Å². The smallest absolute Gasteiger partial charge is 0.387 e. The Morgan fingerprint density at radius 2 is 1.85 bits per heavy atom. The van der Waals surface area contributed by atoms with E-state index in [1.54, 1.807) is 37.3 Å². The largest absolute Gasteiger partial charge is 0.484 e. The zero-order valence-corrected chi connectivity index (χ0v) is 17.3. The van der Waals surface area contributed by atoms with Crippen molar-refractivity contribution in [1.29, 1.82) is 0 Å². The van der Waals surface area contributed by atoms with Crippen molar-refractivity contribution >= 4 is 5.91 Å². The number of hydrogen-bond acceptors (Lipinski definition) is 6. The van der Waals surface area contributed by atoms with Gasteiger partial charge in [-0.25, -0.2) is 19.2 Å². The monoisotopic (exact) mass is 468 g/mol. The maximum absolute atomic E-state index is 12.6. The number of oxazole rings is 1. The van der Waals surface area contributed by atoms with Crippen LogP contribution in [-0.2, 0) is 11.3 Å². The van der Waals surface area contributed by atoms with Gasteiger partial charge in [-0.15, -0.1) is 0 Å². The van der Waals surface area contributed by atoms with Crippen molar-refractivity contribution in [2.75, 3.05) is 6.61 Å². The van der Waals surface area contributed by atoms with Crippen molar-refractivity contribution < 1.29 is 41.1 Å².